The van der Waals surface area contributed by atoms with E-state index in [4.69, 9.17) is 4.52 Å². The summed E-state index contributed by atoms with van der Waals surface area (Å²) in [5, 5.41) is 7.71. The number of anilines is 1. The SMILES string of the molecule is Cc1cccc(C)c1NC(=O)Cn1c(=O)cc(-c2nc(C(C)C)no2)c2ccccc21. The van der Waals surface area contributed by atoms with Crippen LogP contribution in [0.15, 0.2) is 57.8 Å². The summed E-state index contributed by atoms with van der Waals surface area (Å²) in [4.78, 5) is 30.2. The van der Waals surface area contributed by atoms with E-state index in [1.165, 1.54) is 10.6 Å². The standard InChI is InChI=1S/C24H24N4O3/c1-14(2)23-26-24(31-27-23)18-12-21(30)28(19-11-6-5-10-17(18)19)13-20(29)25-22-15(3)8-7-9-16(22)4/h5-12,14H,13H2,1-4H3,(H,25,29). The molecule has 0 spiro atoms. The zero-order chi connectivity index (χ0) is 22.1. The topological polar surface area (TPSA) is 90.0 Å². The molecule has 31 heavy (non-hydrogen) atoms. The molecule has 0 saturated heterocycles. The van der Waals surface area contributed by atoms with Crippen molar-refractivity contribution < 1.29 is 9.32 Å². The number of rotatable bonds is 5. The molecule has 0 saturated carbocycles. The number of carbonyl (C=O) groups excluding carboxylic acids is 1. The predicted molar refractivity (Wildman–Crippen MR) is 120 cm³/mol. The highest BCUT2D eigenvalue weighted by atomic mass is 16.5. The van der Waals surface area contributed by atoms with Gasteiger partial charge in [-0.2, -0.15) is 4.98 Å². The maximum atomic E-state index is 13.0. The Kier molecular flexibility index (Phi) is 5.42. The van der Waals surface area contributed by atoms with Gasteiger partial charge in [0.1, 0.15) is 6.54 Å². The Morgan fingerprint density at radius 2 is 1.81 bits per heavy atom. The van der Waals surface area contributed by atoms with Crippen molar-refractivity contribution in [1.29, 1.82) is 0 Å². The predicted octanol–water partition coefficient (Wildman–Crippen LogP) is 4.43. The molecule has 2 aromatic heterocycles. The van der Waals surface area contributed by atoms with E-state index in [1.54, 1.807) is 0 Å². The molecular formula is C24H24N4O3. The smallest absolute Gasteiger partial charge is 0.258 e. The quantitative estimate of drug-likeness (QED) is 0.520. The normalized spacial score (nSPS) is 11.3. The Bertz CT molecular complexity index is 1310. The number of hydrogen-bond donors (Lipinski definition) is 1. The van der Waals surface area contributed by atoms with E-state index in [0.29, 0.717) is 22.8 Å². The Hall–Kier alpha value is -3.74. The highest BCUT2D eigenvalue weighted by Crippen LogP contribution is 2.27. The molecule has 7 nitrogen and oxygen atoms in total. The van der Waals surface area contributed by atoms with Crippen molar-refractivity contribution in [3.05, 3.63) is 75.8 Å². The van der Waals surface area contributed by atoms with Crippen molar-refractivity contribution in [2.75, 3.05) is 5.32 Å². The van der Waals surface area contributed by atoms with Crippen molar-refractivity contribution in [1.82, 2.24) is 14.7 Å². The van der Waals surface area contributed by atoms with Crippen LogP contribution in [0.5, 0.6) is 0 Å². The summed E-state index contributed by atoms with van der Waals surface area (Å²) < 4.78 is 6.87. The van der Waals surface area contributed by atoms with Crippen LogP contribution in [0.1, 0.15) is 36.7 Å². The lowest BCUT2D eigenvalue weighted by Crippen LogP contribution is -2.28. The van der Waals surface area contributed by atoms with Gasteiger partial charge in [0.05, 0.1) is 11.1 Å². The van der Waals surface area contributed by atoms with Crippen LogP contribution in [0.25, 0.3) is 22.4 Å². The third-order valence-corrected chi connectivity index (χ3v) is 5.25. The lowest BCUT2D eigenvalue weighted by molar-refractivity contribution is -0.116. The molecular weight excluding hydrogens is 392 g/mol. The first-order valence-corrected chi connectivity index (χ1v) is 10.2. The summed E-state index contributed by atoms with van der Waals surface area (Å²) in [7, 11) is 0. The Morgan fingerprint density at radius 1 is 1.10 bits per heavy atom. The van der Waals surface area contributed by atoms with Gasteiger partial charge >= 0.3 is 0 Å². The molecule has 0 aliphatic heterocycles. The van der Waals surface area contributed by atoms with Gasteiger partial charge in [-0.15, -0.1) is 0 Å². The number of aromatic nitrogens is 3. The van der Waals surface area contributed by atoms with E-state index in [0.717, 1.165) is 22.2 Å². The fraction of sp³-hybridized carbons (Fsp3) is 0.250. The minimum absolute atomic E-state index is 0.103. The van der Waals surface area contributed by atoms with Gasteiger partial charge in [0.2, 0.25) is 5.91 Å². The summed E-state index contributed by atoms with van der Waals surface area (Å²) in [6.07, 6.45) is 0. The van der Waals surface area contributed by atoms with Crippen molar-refractivity contribution in [3.63, 3.8) is 0 Å². The van der Waals surface area contributed by atoms with E-state index in [2.05, 4.69) is 15.5 Å². The lowest BCUT2D eigenvalue weighted by Gasteiger charge is -2.14. The number of nitrogens with zero attached hydrogens (tertiary/aromatic N) is 3. The van der Waals surface area contributed by atoms with Crippen LogP contribution in [0.4, 0.5) is 5.69 Å². The van der Waals surface area contributed by atoms with Gasteiger partial charge in [-0.05, 0) is 31.0 Å². The Balaban J connectivity index is 1.73. The van der Waals surface area contributed by atoms with E-state index in [1.807, 2.05) is 70.2 Å². The van der Waals surface area contributed by atoms with Gasteiger partial charge in [0.25, 0.3) is 11.4 Å². The summed E-state index contributed by atoms with van der Waals surface area (Å²) in [6.45, 7) is 7.72. The number of pyridine rings is 1. The van der Waals surface area contributed by atoms with Gasteiger partial charge in [-0.1, -0.05) is 55.4 Å². The molecule has 7 heteroatoms. The number of carbonyl (C=O) groups is 1. The summed E-state index contributed by atoms with van der Waals surface area (Å²) >= 11 is 0. The molecule has 1 amide bonds. The average Bonchev–Trinajstić information content (AvgIpc) is 3.23. The van der Waals surface area contributed by atoms with Crippen LogP contribution in [0.2, 0.25) is 0 Å². The van der Waals surface area contributed by atoms with Gasteiger partial charge in [0, 0.05) is 23.1 Å². The molecule has 0 unspecified atom stereocenters. The first-order chi connectivity index (χ1) is 14.8. The van der Waals surface area contributed by atoms with Gasteiger partial charge < -0.3 is 9.84 Å². The molecule has 2 heterocycles. The fourth-order valence-electron chi connectivity index (χ4n) is 3.59. The Labute approximate surface area is 179 Å². The van der Waals surface area contributed by atoms with Crippen molar-refractivity contribution in [3.8, 4) is 11.5 Å². The Morgan fingerprint density at radius 3 is 2.48 bits per heavy atom. The average molecular weight is 416 g/mol. The number of benzene rings is 2. The highest BCUT2D eigenvalue weighted by Gasteiger charge is 2.18. The van der Waals surface area contributed by atoms with Gasteiger partial charge in [0.15, 0.2) is 5.82 Å². The first kappa shape index (κ1) is 20.5. The van der Waals surface area contributed by atoms with Gasteiger partial charge in [-0.3, -0.25) is 14.2 Å². The summed E-state index contributed by atoms with van der Waals surface area (Å²) in [5.41, 5.74) is 3.59. The summed E-state index contributed by atoms with van der Waals surface area (Å²) in [6, 6.07) is 14.7. The molecule has 0 radical (unpaired) electrons. The largest absolute Gasteiger partial charge is 0.334 e. The molecule has 0 bridgehead atoms. The second-order valence-corrected chi connectivity index (χ2v) is 7.93. The molecule has 0 aliphatic carbocycles. The molecule has 0 aliphatic rings. The molecule has 4 aromatic rings. The minimum atomic E-state index is -0.311. The maximum Gasteiger partial charge on any atom is 0.258 e. The van der Waals surface area contributed by atoms with Crippen molar-refractivity contribution in [2.45, 2.75) is 40.2 Å². The van der Waals surface area contributed by atoms with E-state index >= 15 is 0 Å². The van der Waals surface area contributed by atoms with Gasteiger partial charge in [-0.25, -0.2) is 0 Å². The molecule has 1 N–H and O–H groups in total. The molecule has 0 fully saturated rings. The number of hydrogen-bond acceptors (Lipinski definition) is 5. The fourth-order valence-corrected chi connectivity index (χ4v) is 3.59. The molecule has 0 atom stereocenters. The van der Waals surface area contributed by atoms with Crippen LogP contribution in [0, 0.1) is 13.8 Å². The highest BCUT2D eigenvalue weighted by molar-refractivity contribution is 5.95. The maximum absolute atomic E-state index is 13.0. The van der Waals surface area contributed by atoms with E-state index < -0.39 is 0 Å². The number of amides is 1. The third kappa shape index (κ3) is 3.99. The van der Waals surface area contributed by atoms with Crippen LogP contribution in [-0.4, -0.2) is 20.6 Å². The van der Waals surface area contributed by atoms with Crippen LogP contribution in [0.3, 0.4) is 0 Å². The monoisotopic (exact) mass is 416 g/mol. The third-order valence-electron chi connectivity index (χ3n) is 5.25. The van der Waals surface area contributed by atoms with Crippen LogP contribution >= 0.6 is 0 Å². The number of nitrogens with one attached hydrogen (secondary N) is 1. The zero-order valence-corrected chi connectivity index (χ0v) is 18.0. The van der Waals surface area contributed by atoms with E-state index in [-0.39, 0.29) is 23.9 Å². The lowest BCUT2D eigenvalue weighted by atomic mass is 10.1. The second kappa shape index (κ2) is 8.18. The van der Waals surface area contributed by atoms with Crippen LogP contribution in [-0.2, 0) is 11.3 Å². The molecule has 4 rings (SSSR count). The molecule has 158 valence electrons. The van der Waals surface area contributed by atoms with Crippen molar-refractivity contribution in [2.24, 2.45) is 0 Å². The first-order valence-electron chi connectivity index (χ1n) is 10.2. The zero-order valence-electron chi connectivity index (χ0n) is 18.0. The van der Waals surface area contributed by atoms with Crippen LogP contribution < -0.4 is 10.9 Å². The molecule has 2 aromatic carbocycles. The number of aryl methyl sites for hydroxylation is 2. The number of para-hydroxylation sites is 2. The second-order valence-electron chi connectivity index (χ2n) is 7.93. The number of fused-ring (bicyclic) bond motifs is 1. The summed E-state index contributed by atoms with van der Waals surface area (Å²) in [5.74, 6) is 0.718. The van der Waals surface area contributed by atoms with Crippen molar-refractivity contribution >= 4 is 22.5 Å². The minimum Gasteiger partial charge on any atom is -0.334 e. The van der Waals surface area contributed by atoms with E-state index in [9.17, 15) is 9.59 Å².